The summed E-state index contributed by atoms with van der Waals surface area (Å²) >= 11 is 0. The summed E-state index contributed by atoms with van der Waals surface area (Å²) in [6.07, 6.45) is 0. The number of anilines is 1. The molecule has 9 nitrogen and oxygen atoms in total. The van der Waals surface area contributed by atoms with Crippen LogP contribution < -0.4 is 25.5 Å². The summed E-state index contributed by atoms with van der Waals surface area (Å²) in [6, 6.07) is 11.0. The van der Waals surface area contributed by atoms with Gasteiger partial charge in [0.05, 0.1) is 11.4 Å². The minimum Gasteiger partial charge on any atom is -0.543 e. The fraction of sp³-hybridized carbons (Fsp3) is 0.158. The molecule has 0 unspecified atom stereocenters. The number of carbonyl (C=O) groups is 2. The number of carboxylic acids is 1. The summed E-state index contributed by atoms with van der Waals surface area (Å²) in [4.78, 5) is 36.3. The quantitative estimate of drug-likeness (QED) is 0.684. The first kappa shape index (κ1) is 17.5. The molecular formula is C19H14N3O6-. The summed E-state index contributed by atoms with van der Waals surface area (Å²) in [5.74, 6) is -0.998. The second kappa shape index (κ2) is 7.03. The van der Waals surface area contributed by atoms with Gasteiger partial charge in [-0.2, -0.15) is 5.10 Å². The summed E-state index contributed by atoms with van der Waals surface area (Å²) in [5.41, 5.74) is -0.525. The van der Waals surface area contributed by atoms with Crippen LogP contribution in [0.4, 0.5) is 5.69 Å². The molecule has 0 bridgehead atoms. The van der Waals surface area contributed by atoms with Crippen molar-refractivity contribution in [2.24, 2.45) is 0 Å². The fourth-order valence-electron chi connectivity index (χ4n) is 2.95. The molecule has 0 saturated heterocycles. The number of aromatic carboxylic acids is 1. The highest BCUT2D eigenvalue weighted by atomic mass is 16.6. The van der Waals surface area contributed by atoms with E-state index < -0.39 is 29.7 Å². The van der Waals surface area contributed by atoms with Crippen LogP contribution >= 0.6 is 0 Å². The van der Waals surface area contributed by atoms with Crippen molar-refractivity contribution in [1.29, 1.82) is 0 Å². The van der Waals surface area contributed by atoms with E-state index in [4.69, 9.17) is 9.47 Å². The van der Waals surface area contributed by atoms with Crippen molar-refractivity contribution in [3.8, 4) is 11.5 Å². The molecule has 3 aromatic rings. The molecule has 1 aliphatic heterocycles. The highest BCUT2D eigenvalue weighted by Crippen LogP contribution is 2.32. The van der Waals surface area contributed by atoms with Crippen molar-refractivity contribution in [3.05, 3.63) is 58.5 Å². The normalized spacial score (nSPS) is 12.6. The van der Waals surface area contributed by atoms with Crippen LogP contribution in [0.5, 0.6) is 11.5 Å². The number of ether oxygens (including phenoxy) is 2. The van der Waals surface area contributed by atoms with E-state index in [9.17, 15) is 19.5 Å². The molecule has 4 rings (SSSR count). The van der Waals surface area contributed by atoms with Gasteiger partial charge >= 0.3 is 0 Å². The Kier molecular flexibility index (Phi) is 4.40. The predicted octanol–water partition coefficient (Wildman–Crippen LogP) is 0.170. The second-order valence-corrected chi connectivity index (χ2v) is 6.05. The first-order chi connectivity index (χ1) is 13.5. The molecule has 1 amide bonds. The highest BCUT2D eigenvalue weighted by Gasteiger charge is 2.15. The number of hydrogen-bond acceptors (Lipinski definition) is 7. The third kappa shape index (κ3) is 3.25. The molecule has 2 heterocycles. The average Bonchev–Trinajstić information content (AvgIpc) is 2.70. The number of fused-ring (bicyclic) bond motifs is 2. The predicted molar refractivity (Wildman–Crippen MR) is 96.4 cm³/mol. The lowest BCUT2D eigenvalue weighted by Gasteiger charge is -2.19. The number of carbonyl (C=O) groups excluding carboxylic acids is 2. The third-order valence-electron chi connectivity index (χ3n) is 4.18. The zero-order valence-electron chi connectivity index (χ0n) is 14.5. The van der Waals surface area contributed by atoms with Crippen LogP contribution in [0.25, 0.3) is 10.8 Å². The number of carboxylic acid groups (broad SMARTS) is 1. The van der Waals surface area contributed by atoms with Gasteiger partial charge in [-0.3, -0.25) is 9.59 Å². The first-order valence-electron chi connectivity index (χ1n) is 8.43. The summed E-state index contributed by atoms with van der Waals surface area (Å²) in [6.45, 7) is 0.404. The largest absolute Gasteiger partial charge is 0.543 e. The van der Waals surface area contributed by atoms with Gasteiger partial charge in [0.25, 0.3) is 5.56 Å². The topological polar surface area (TPSA) is 123 Å². The molecule has 0 radical (unpaired) electrons. The molecule has 1 N–H and O–H groups in total. The van der Waals surface area contributed by atoms with Gasteiger partial charge in [-0.05, 0) is 18.2 Å². The van der Waals surface area contributed by atoms with Crippen LogP contribution in [-0.4, -0.2) is 34.9 Å². The van der Waals surface area contributed by atoms with Crippen molar-refractivity contribution < 1.29 is 24.2 Å². The Morgan fingerprint density at radius 2 is 1.79 bits per heavy atom. The minimum absolute atomic E-state index is 0.142. The summed E-state index contributed by atoms with van der Waals surface area (Å²) in [7, 11) is 0. The monoisotopic (exact) mass is 380 g/mol. The summed E-state index contributed by atoms with van der Waals surface area (Å²) < 4.78 is 11.7. The average molecular weight is 380 g/mol. The van der Waals surface area contributed by atoms with E-state index in [-0.39, 0.29) is 10.8 Å². The number of rotatable bonds is 4. The fourth-order valence-corrected chi connectivity index (χ4v) is 2.95. The minimum atomic E-state index is -1.53. The van der Waals surface area contributed by atoms with E-state index in [0.717, 1.165) is 4.68 Å². The molecule has 0 spiro atoms. The van der Waals surface area contributed by atoms with Gasteiger partial charge in [0.15, 0.2) is 11.5 Å². The van der Waals surface area contributed by atoms with Crippen LogP contribution in [0.15, 0.2) is 47.3 Å². The Morgan fingerprint density at radius 3 is 2.54 bits per heavy atom. The van der Waals surface area contributed by atoms with Crippen LogP contribution in [0.1, 0.15) is 10.5 Å². The Labute approximate surface area is 158 Å². The number of hydrogen-bond donors (Lipinski definition) is 1. The van der Waals surface area contributed by atoms with E-state index in [1.54, 1.807) is 30.3 Å². The maximum Gasteiger partial charge on any atom is 0.275 e. The Hall–Kier alpha value is -3.88. The van der Waals surface area contributed by atoms with Crippen LogP contribution in [0.3, 0.4) is 0 Å². The molecule has 28 heavy (non-hydrogen) atoms. The maximum absolute atomic E-state index is 12.6. The first-order valence-corrected chi connectivity index (χ1v) is 8.43. The van der Waals surface area contributed by atoms with Gasteiger partial charge in [-0.1, -0.05) is 18.2 Å². The smallest absolute Gasteiger partial charge is 0.275 e. The number of nitrogens with one attached hydrogen (secondary N) is 1. The molecule has 142 valence electrons. The molecular weight excluding hydrogens is 366 g/mol. The van der Waals surface area contributed by atoms with E-state index in [0.29, 0.717) is 30.4 Å². The molecule has 9 heteroatoms. The lowest BCUT2D eigenvalue weighted by molar-refractivity contribution is -0.255. The molecule has 1 aromatic heterocycles. The van der Waals surface area contributed by atoms with Crippen molar-refractivity contribution in [1.82, 2.24) is 9.78 Å². The number of benzene rings is 2. The number of aromatic nitrogens is 2. The summed E-state index contributed by atoms with van der Waals surface area (Å²) in [5, 5.41) is 18.1. The van der Waals surface area contributed by atoms with E-state index in [1.807, 2.05) is 0 Å². The van der Waals surface area contributed by atoms with E-state index >= 15 is 0 Å². The third-order valence-corrected chi connectivity index (χ3v) is 4.18. The van der Waals surface area contributed by atoms with Gasteiger partial charge in [-0.25, -0.2) is 4.68 Å². The van der Waals surface area contributed by atoms with E-state index in [1.165, 1.54) is 12.1 Å². The van der Waals surface area contributed by atoms with Gasteiger partial charge in [0, 0.05) is 17.1 Å². The van der Waals surface area contributed by atoms with Crippen molar-refractivity contribution >= 4 is 28.3 Å². The maximum atomic E-state index is 12.6. The van der Waals surface area contributed by atoms with Crippen LogP contribution in [0, 0.1) is 0 Å². The lowest BCUT2D eigenvalue weighted by atomic mass is 10.1. The second-order valence-electron chi connectivity index (χ2n) is 6.05. The highest BCUT2D eigenvalue weighted by molar-refractivity contribution is 6.00. The van der Waals surface area contributed by atoms with Gasteiger partial charge in [0.1, 0.15) is 25.5 Å². The number of amides is 1. The SMILES string of the molecule is O=C(Cn1nc(C(=O)[O-])c2ccccc2c1=O)Nc1ccc2c(c1)OCCO2. The molecule has 0 atom stereocenters. The van der Waals surface area contributed by atoms with Gasteiger partial charge in [0.2, 0.25) is 5.91 Å². The van der Waals surface area contributed by atoms with Crippen molar-refractivity contribution in [2.75, 3.05) is 18.5 Å². The molecule has 0 fully saturated rings. The van der Waals surface area contributed by atoms with E-state index in [2.05, 4.69) is 10.4 Å². The molecule has 1 aliphatic rings. The zero-order chi connectivity index (χ0) is 19.7. The number of nitrogens with zero attached hydrogens (tertiary/aromatic N) is 2. The van der Waals surface area contributed by atoms with Crippen molar-refractivity contribution in [3.63, 3.8) is 0 Å². The molecule has 0 aliphatic carbocycles. The molecule has 0 saturated carbocycles. The molecule has 2 aromatic carbocycles. The Bertz CT molecular complexity index is 1150. The Balaban J connectivity index is 1.61. The van der Waals surface area contributed by atoms with Crippen molar-refractivity contribution in [2.45, 2.75) is 6.54 Å². The zero-order valence-corrected chi connectivity index (χ0v) is 14.5. The lowest BCUT2D eigenvalue weighted by Crippen LogP contribution is -2.34. The standard InChI is InChI=1S/C19H15N3O6/c23-16(20-11-5-6-14-15(9-11)28-8-7-27-14)10-22-18(24)13-4-2-1-3-12(13)17(21-22)19(25)26/h1-6,9H,7-8,10H2,(H,20,23)(H,25,26)/p-1. The van der Waals surface area contributed by atoms with Gasteiger partial charge in [-0.15, -0.1) is 0 Å². The van der Waals surface area contributed by atoms with Gasteiger partial charge < -0.3 is 24.7 Å². The Morgan fingerprint density at radius 1 is 1.07 bits per heavy atom. The van der Waals surface area contributed by atoms with Crippen LogP contribution in [-0.2, 0) is 11.3 Å². The van der Waals surface area contributed by atoms with Crippen LogP contribution in [0.2, 0.25) is 0 Å².